The molecule has 0 aliphatic carbocycles. The lowest BCUT2D eigenvalue weighted by Crippen LogP contribution is -2.03. The fourth-order valence-electron chi connectivity index (χ4n) is 3.08. The van der Waals surface area contributed by atoms with Gasteiger partial charge in [-0.1, -0.05) is 36.4 Å². The van der Waals surface area contributed by atoms with Crippen molar-refractivity contribution in [2.24, 2.45) is 7.05 Å². The summed E-state index contributed by atoms with van der Waals surface area (Å²) in [7, 11) is 1.81. The Morgan fingerprint density at radius 3 is 2.29 bits per heavy atom. The van der Waals surface area contributed by atoms with Crippen molar-refractivity contribution in [3.63, 3.8) is 0 Å². The van der Waals surface area contributed by atoms with Crippen LogP contribution in [0, 0.1) is 0 Å². The van der Waals surface area contributed by atoms with Crippen LogP contribution in [0.1, 0.15) is 10.5 Å². The van der Waals surface area contributed by atoms with Gasteiger partial charge in [-0.15, -0.1) is 0 Å². The molecule has 3 heteroatoms. The topological polar surface area (TPSA) is 42.2 Å². The van der Waals surface area contributed by atoms with Crippen molar-refractivity contribution < 1.29 is 9.90 Å². The van der Waals surface area contributed by atoms with Crippen LogP contribution in [0.4, 0.5) is 0 Å². The zero-order valence-corrected chi connectivity index (χ0v) is 11.5. The van der Waals surface area contributed by atoms with Gasteiger partial charge >= 0.3 is 5.97 Å². The molecular weight excluding hydrogens is 262 g/mol. The van der Waals surface area contributed by atoms with Gasteiger partial charge in [0.05, 0.1) is 5.52 Å². The van der Waals surface area contributed by atoms with E-state index in [4.69, 9.17) is 0 Å². The number of aromatic carboxylic acids is 1. The average molecular weight is 275 g/mol. The Bertz CT molecular complexity index is 1030. The number of aryl methyl sites for hydroxylation is 1. The summed E-state index contributed by atoms with van der Waals surface area (Å²) in [4.78, 5) is 11.3. The molecule has 102 valence electrons. The fourth-order valence-corrected chi connectivity index (χ4v) is 3.08. The smallest absolute Gasteiger partial charge is 0.352 e. The monoisotopic (exact) mass is 275 g/mol. The van der Waals surface area contributed by atoms with Crippen LogP contribution in [0.25, 0.3) is 32.4 Å². The minimum absolute atomic E-state index is 0.311. The highest BCUT2D eigenvalue weighted by molar-refractivity contribution is 6.12. The molecule has 0 fully saturated rings. The van der Waals surface area contributed by atoms with E-state index < -0.39 is 5.97 Å². The lowest BCUT2D eigenvalue weighted by molar-refractivity contribution is 0.0687. The van der Waals surface area contributed by atoms with E-state index in [2.05, 4.69) is 30.3 Å². The van der Waals surface area contributed by atoms with Gasteiger partial charge in [-0.2, -0.15) is 0 Å². The number of fused-ring (bicyclic) bond motifs is 4. The van der Waals surface area contributed by atoms with Gasteiger partial charge in [-0.25, -0.2) is 4.79 Å². The first-order chi connectivity index (χ1) is 10.1. The third-order valence-electron chi connectivity index (χ3n) is 4.10. The molecule has 0 atom stereocenters. The van der Waals surface area contributed by atoms with Crippen LogP contribution in [0.2, 0.25) is 0 Å². The zero-order valence-electron chi connectivity index (χ0n) is 11.5. The van der Waals surface area contributed by atoms with E-state index in [9.17, 15) is 9.90 Å². The van der Waals surface area contributed by atoms with Crippen molar-refractivity contribution in [1.82, 2.24) is 4.57 Å². The molecule has 3 aromatic carbocycles. The molecule has 1 aromatic heterocycles. The number of nitrogens with zero attached hydrogens (tertiary/aromatic N) is 1. The van der Waals surface area contributed by atoms with Crippen LogP contribution in [-0.2, 0) is 7.05 Å². The van der Waals surface area contributed by atoms with Crippen LogP contribution in [0.3, 0.4) is 0 Å². The summed E-state index contributed by atoms with van der Waals surface area (Å²) in [5.41, 5.74) is 1.28. The number of benzene rings is 3. The summed E-state index contributed by atoms with van der Waals surface area (Å²) in [6.07, 6.45) is 0. The van der Waals surface area contributed by atoms with Crippen molar-refractivity contribution in [3.05, 3.63) is 60.3 Å². The van der Waals surface area contributed by atoms with Crippen molar-refractivity contribution in [2.75, 3.05) is 0 Å². The molecular formula is C18H13NO2. The Balaban J connectivity index is 2.21. The molecule has 0 amide bonds. The lowest BCUT2D eigenvalue weighted by atomic mass is 10.0. The summed E-state index contributed by atoms with van der Waals surface area (Å²) in [6, 6.07) is 18.3. The molecule has 0 saturated heterocycles. The summed E-state index contributed by atoms with van der Waals surface area (Å²) >= 11 is 0. The van der Waals surface area contributed by atoms with E-state index in [0.29, 0.717) is 5.69 Å². The molecule has 21 heavy (non-hydrogen) atoms. The molecule has 0 radical (unpaired) electrons. The van der Waals surface area contributed by atoms with E-state index in [1.165, 1.54) is 5.39 Å². The molecule has 0 bridgehead atoms. The van der Waals surface area contributed by atoms with E-state index in [0.717, 1.165) is 27.1 Å². The molecule has 1 heterocycles. The first-order valence-corrected chi connectivity index (χ1v) is 6.79. The lowest BCUT2D eigenvalue weighted by Gasteiger charge is -2.06. The second-order valence-corrected chi connectivity index (χ2v) is 5.32. The highest BCUT2D eigenvalue weighted by Crippen LogP contribution is 2.31. The van der Waals surface area contributed by atoms with Crippen LogP contribution in [0.15, 0.2) is 54.6 Å². The number of hydrogen-bond acceptors (Lipinski definition) is 1. The van der Waals surface area contributed by atoms with Crippen molar-refractivity contribution in [1.29, 1.82) is 0 Å². The third kappa shape index (κ3) is 1.64. The number of carboxylic acids is 1. The Hall–Kier alpha value is -2.81. The van der Waals surface area contributed by atoms with E-state index in [1.54, 1.807) is 17.7 Å². The molecule has 3 nitrogen and oxygen atoms in total. The quantitative estimate of drug-likeness (QED) is 0.529. The summed E-state index contributed by atoms with van der Waals surface area (Å²) in [5.74, 6) is -0.900. The summed E-state index contributed by atoms with van der Waals surface area (Å²) in [5, 5.41) is 14.8. The van der Waals surface area contributed by atoms with Gasteiger partial charge in [0.2, 0.25) is 0 Å². The van der Waals surface area contributed by atoms with Gasteiger partial charge in [0.15, 0.2) is 0 Å². The maximum absolute atomic E-state index is 11.3. The molecule has 0 unspecified atom stereocenters. The number of rotatable bonds is 1. The van der Waals surface area contributed by atoms with E-state index in [1.807, 2.05) is 18.2 Å². The number of carbonyl (C=O) groups is 1. The minimum atomic E-state index is -0.900. The van der Waals surface area contributed by atoms with E-state index in [-0.39, 0.29) is 0 Å². The van der Waals surface area contributed by atoms with Gasteiger partial charge in [-0.3, -0.25) is 0 Å². The largest absolute Gasteiger partial charge is 0.477 e. The van der Waals surface area contributed by atoms with Crippen molar-refractivity contribution in [3.8, 4) is 0 Å². The standard InChI is InChI=1S/C18H13NO2/c1-19-16(18(20)21)10-14-7-6-13-8-11-4-2-3-5-12(11)9-15(13)17(14)19/h2-10H,1H3,(H,20,21). The second kappa shape index (κ2) is 4.09. The normalized spacial score (nSPS) is 11.5. The Morgan fingerprint density at radius 1 is 0.905 bits per heavy atom. The average Bonchev–Trinajstić information content (AvgIpc) is 2.83. The summed E-state index contributed by atoms with van der Waals surface area (Å²) < 4.78 is 1.76. The molecule has 0 spiro atoms. The maximum Gasteiger partial charge on any atom is 0.352 e. The van der Waals surface area contributed by atoms with Crippen molar-refractivity contribution in [2.45, 2.75) is 0 Å². The van der Waals surface area contributed by atoms with Crippen LogP contribution >= 0.6 is 0 Å². The van der Waals surface area contributed by atoms with Gasteiger partial charge in [0.25, 0.3) is 0 Å². The molecule has 0 aliphatic heterocycles. The fraction of sp³-hybridized carbons (Fsp3) is 0.0556. The molecule has 4 aromatic rings. The maximum atomic E-state index is 11.3. The van der Waals surface area contributed by atoms with E-state index >= 15 is 0 Å². The molecule has 4 rings (SSSR count). The van der Waals surface area contributed by atoms with Gasteiger partial charge in [0, 0.05) is 17.8 Å². The number of hydrogen-bond donors (Lipinski definition) is 1. The van der Waals surface area contributed by atoms with Crippen LogP contribution < -0.4 is 0 Å². The predicted octanol–water partition coefficient (Wildman–Crippen LogP) is 4.18. The SMILES string of the molecule is Cn1c(C(=O)O)cc2ccc3cc4ccccc4cc3c21. The van der Waals surface area contributed by atoms with Gasteiger partial charge < -0.3 is 9.67 Å². The minimum Gasteiger partial charge on any atom is -0.477 e. The molecule has 0 aliphatic rings. The van der Waals surface area contributed by atoms with Crippen LogP contribution in [0.5, 0.6) is 0 Å². The predicted molar refractivity (Wildman–Crippen MR) is 84.9 cm³/mol. The Labute approximate surface area is 121 Å². The molecule has 0 saturated carbocycles. The number of aromatic nitrogens is 1. The third-order valence-corrected chi connectivity index (χ3v) is 4.10. The highest BCUT2D eigenvalue weighted by Gasteiger charge is 2.14. The van der Waals surface area contributed by atoms with Crippen molar-refractivity contribution >= 4 is 38.4 Å². The second-order valence-electron chi connectivity index (χ2n) is 5.32. The first kappa shape index (κ1) is 12.0. The van der Waals surface area contributed by atoms with Gasteiger partial charge in [0.1, 0.15) is 5.69 Å². The highest BCUT2D eigenvalue weighted by atomic mass is 16.4. The molecule has 1 N–H and O–H groups in total. The zero-order chi connectivity index (χ0) is 14.6. The van der Waals surface area contributed by atoms with Gasteiger partial charge in [-0.05, 0) is 34.4 Å². The van der Waals surface area contributed by atoms with Crippen LogP contribution in [-0.4, -0.2) is 15.6 Å². The number of carboxylic acid groups (broad SMARTS) is 1. The summed E-state index contributed by atoms with van der Waals surface area (Å²) in [6.45, 7) is 0. The Morgan fingerprint density at radius 2 is 1.57 bits per heavy atom. The first-order valence-electron chi connectivity index (χ1n) is 6.79. The Kier molecular flexibility index (Phi) is 2.33.